The zero-order valence-electron chi connectivity index (χ0n) is 11.5. The largest absolute Gasteiger partial charge is 0.303 e. The molecule has 0 saturated heterocycles. The highest BCUT2D eigenvalue weighted by atomic mass is 16.1. The molecule has 1 saturated carbocycles. The molecule has 17 heavy (non-hydrogen) atoms. The Balaban J connectivity index is 2.19. The van der Waals surface area contributed by atoms with Gasteiger partial charge in [0.15, 0.2) is 0 Å². The Hall–Kier alpha value is -0.330. The van der Waals surface area contributed by atoms with E-state index in [4.69, 9.17) is 0 Å². The standard InChI is InChI=1S/C16H30O/c17-15-16-13-11-9-7-5-3-1-2-4-6-8-10-12-14-16/h15-16H,1-14H2. The molecule has 100 valence electrons. The maximum absolute atomic E-state index is 11.0. The van der Waals surface area contributed by atoms with E-state index >= 15 is 0 Å². The molecule has 1 fully saturated rings. The van der Waals surface area contributed by atoms with Crippen molar-refractivity contribution in [2.75, 3.05) is 0 Å². The number of aldehydes is 1. The summed E-state index contributed by atoms with van der Waals surface area (Å²) in [5, 5.41) is 0. The minimum Gasteiger partial charge on any atom is -0.303 e. The quantitative estimate of drug-likeness (QED) is 0.568. The molecule has 0 unspecified atom stereocenters. The predicted molar refractivity (Wildman–Crippen MR) is 74.2 cm³/mol. The number of rotatable bonds is 1. The number of hydrogen-bond donors (Lipinski definition) is 0. The van der Waals surface area contributed by atoms with E-state index in [1.807, 2.05) is 0 Å². The van der Waals surface area contributed by atoms with Gasteiger partial charge in [-0.3, -0.25) is 0 Å². The van der Waals surface area contributed by atoms with Crippen LogP contribution in [0.15, 0.2) is 0 Å². The Labute approximate surface area is 107 Å². The Morgan fingerprint density at radius 3 is 1.12 bits per heavy atom. The molecule has 0 radical (unpaired) electrons. The van der Waals surface area contributed by atoms with E-state index in [0.29, 0.717) is 5.92 Å². The minimum absolute atomic E-state index is 0.361. The summed E-state index contributed by atoms with van der Waals surface area (Å²) in [6.07, 6.45) is 20.0. The van der Waals surface area contributed by atoms with Crippen molar-refractivity contribution in [2.45, 2.75) is 89.9 Å². The maximum atomic E-state index is 11.0. The summed E-state index contributed by atoms with van der Waals surface area (Å²) in [5.41, 5.74) is 0. The first kappa shape index (κ1) is 14.7. The van der Waals surface area contributed by atoms with Gasteiger partial charge in [-0.15, -0.1) is 0 Å². The Morgan fingerprint density at radius 1 is 0.529 bits per heavy atom. The van der Waals surface area contributed by atoms with Crippen molar-refractivity contribution in [3.05, 3.63) is 0 Å². The van der Waals surface area contributed by atoms with Crippen molar-refractivity contribution in [3.8, 4) is 0 Å². The van der Waals surface area contributed by atoms with Crippen molar-refractivity contribution >= 4 is 6.29 Å². The normalized spacial score (nSPS) is 23.5. The van der Waals surface area contributed by atoms with Crippen molar-refractivity contribution in [3.63, 3.8) is 0 Å². The second-order valence-electron chi connectivity index (χ2n) is 5.72. The smallest absolute Gasteiger partial charge is 0.123 e. The lowest BCUT2D eigenvalue weighted by Crippen LogP contribution is -2.02. The molecule has 0 amide bonds. The van der Waals surface area contributed by atoms with Crippen LogP contribution >= 0.6 is 0 Å². The maximum Gasteiger partial charge on any atom is 0.123 e. The number of carbonyl (C=O) groups excluding carboxylic acids is 1. The second kappa shape index (κ2) is 10.8. The van der Waals surface area contributed by atoms with Gasteiger partial charge < -0.3 is 4.79 Å². The zero-order chi connectivity index (χ0) is 12.2. The van der Waals surface area contributed by atoms with Crippen LogP contribution in [0.1, 0.15) is 89.9 Å². The third kappa shape index (κ3) is 8.40. The van der Waals surface area contributed by atoms with Crippen LogP contribution in [0.25, 0.3) is 0 Å². The van der Waals surface area contributed by atoms with Crippen LogP contribution in [-0.4, -0.2) is 6.29 Å². The summed E-state index contributed by atoms with van der Waals surface area (Å²) >= 11 is 0. The summed E-state index contributed by atoms with van der Waals surface area (Å²) in [4.78, 5) is 11.0. The molecule has 0 aromatic carbocycles. The zero-order valence-corrected chi connectivity index (χ0v) is 11.5. The van der Waals surface area contributed by atoms with Crippen LogP contribution in [0, 0.1) is 5.92 Å². The van der Waals surface area contributed by atoms with Crippen LogP contribution in [0.3, 0.4) is 0 Å². The minimum atomic E-state index is 0.361. The molecule has 0 aromatic heterocycles. The van der Waals surface area contributed by atoms with Crippen molar-refractivity contribution < 1.29 is 4.79 Å². The third-order valence-electron chi connectivity index (χ3n) is 4.09. The Kier molecular flexibility index (Phi) is 9.36. The molecule has 0 bridgehead atoms. The molecule has 1 aliphatic rings. The molecule has 0 heterocycles. The lowest BCUT2D eigenvalue weighted by Gasteiger charge is -2.09. The Bertz CT molecular complexity index is 160. The van der Waals surface area contributed by atoms with Crippen molar-refractivity contribution in [2.24, 2.45) is 5.92 Å². The average molecular weight is 238 g/mol. The van der Waals surface area contributed by atoms with Gasteiger partial charge in [-0.1, -0.05) is 77.0 Å². The molecule has 1 heteroatoms. The van der Waals surface area contributed by atoms with E-state index < -0.39 is 0 Å². The highest BCUT2D eigenvalue weighted by Gasteiger charge is 2.07. The lowest BCUT2D eigenvalue weighted by molar-refractivity contribution is -0.111. The van der Waals surface area contributed by atoms with Gasteiger partial charge in [0.25, 0.3) is 0 Å². The van der Waals surface area contributed by atoms with Gasteiger partial charge in [-0.05, 0) is 12.8 Å². The first-order valence-electron chi connectivity index (χ1n) is 7.89. The highest BCUT2D eigenvalue weighted by Crippen LogP contribution is 2.19. The van der Waals surface area contributed by atoms with Gasteiger partial charge in [0.2, 0.25) is 0 Å². The molecular weight excluding hydrogens is 208 g/mol. The van der Waals surface area contributed by atoms with Crippen molar-refractivity contribution in [1.29, 1.82) is 0 Å². The Morgan fingerprint density at radius 2 is 0.824 bits per heavy atom. The summed E-state index contributed by atoms with van der Waals surface area (Å²) in [6, 6.07) is 0. The first-order valence-corrected chi connectivity index (χ1v) is 7.89. The fourth-order valence-electron chi connectivity index (χ4n) is 2.86. The monoisotopic (exact) mass is 238 g/mol. The van der Waals surface area contributed by atoms with Gasteiger partial charge in [0.05, 0.1) is 0 Å². The van der Waals surface area contributed by atoms with Gasteiger partial charge in [-0.2, -0.15) is 0 Å². The second-order valence-corrected chi connectivity index (χ2v) is 5.72. The lowest BCUT2D eigenvalue weighted by atomic mass is 9.96. The summed E-state index contributed by atoms with van der Waals surface area (Å²) in [5.74, 6) is 0.361. The average Bonchev–Trinajstić information content (AvgIpc) is 2.36. The highest BCUT2D eigenvalue weighted by molar-refractivity contribution is 5.53. The molecule has 1 aliphatic carbocycles. The van der Waals surface area contributed by atoms with Gasteiger partial charge in [0, 0.05) is 5.92 Å². The van der Waals surface area contributed by atoms with E-state index in [0.717, 1.165) is 12.8 Å². The van der Waals surface area contributed by atoms with E-state index in [1.165, 1.54) is 83.3 Å². The number of hydrogen-bond acceptors (Lipinski definition) is 1. The summed E-state index contributed by atoms with van der Waals surface area (Å²) in [7, 11) is 0. The van der Waals surface area contributed by atoms with Crippen molar-refractivity contribution in [1.82, 2.24) is 0 Å². The van der Waals surface area contributed by atoms with Crippen LogP contribution in [0.5, 0.6) is 0 Å². The van der Waals surface area contributed by atoms with Gasteiger partial charge in [0.1, 0.15) is 6.29 Å². The molecular formula is C16H30O. The van der Waals surface area contributed by atoms with Gasteiger partial charge in [-0.25, -0.2) is 0 Å². The van der Waals surface area contributed by atoms with Gasteiger partial charge >= 0.3 is 0 Å². The molecule has 0 aromatic rings. The molecule has 0 spiro atoms. The van der Waals surface area contributed by atoms with E-state index in [-0.39, 0.29) is 0 Å². The van der Waals surface area contributed by atoms with Crippen LogP contribution in [0.4, 0.5) is 0 Å². The van der Waals surface area contributed by atoms with E-state index in [9.17, 15) is 4.79 Å². The molecule has 0 aliphatic heterocycles. The third-order valence-corrected chi connectivity index (χ3v) is 4.09. The van der Waals surface area contributed by atoms with Crippen LogP contribution < -0.4 is 0 Å². The molecule has 1 nitrogen and oxygen atoms in total. The molecule has 0 N–H and O–H groups in total. The SMILES string of the molecule is O=CC1CCCCCCCCCCCCCC1. The first-order chi connectivity index (χ1) is 8.43. The van der Waals surface area contributed by atoms with E-state index in [2.05, 4.69) is 0 Å². The number of carbonyl (C=O) groups is 1. The van der Waals surface area contributed by atoms with E-state index in [1.54, 1.807) is 0 Å². The fraction of sp³-hybridized carbons (Fsp3) is 0.938. The summed E-state index contributed by atoms with van der Waals surface area (Å²) in [6.45, 7) is 0. The van der Waals surface area contributed by atoms with Crippen LogP contribution in [0.2, 0.25) is 0 Å². The summed E-state index contributed by atoms with van der Waals surface area (Å²) < 4.78 is 0. The fourth-order valence-corrected chi connectivity index (χ4v) is 2.86. The topological polar surface area (TPSA) is 17.1 Å². The molecule has 1 rings (SSSR count). The predicted octanol–water partition coefficient (Wildman–Crippen LogP) is 5.28. The molecule has 0 atom stereocenters. The van der Waals surface area contributed by atoms with Crippen LogP contribution in [-0.2, 0) is 4.79 Å².